The summed E-state index contributed by atoms with van der Waals surface area (Å²) in [6.07, 6.45) is -0.617. The van der Waals surface area contributed by atoms with Crippen molar-refractivity contribution >= 4 is 0 Å². The van der Waals surface area contributed by atoms with Gasteiger partial charge in [0.05, 0.1) is 0 Å². The number of aliphatic hydroxyl groups excluding tert-OH is 1. The molecule has 1 unspecified atom stereocenters. The number of aryl methyl sites for hydroxylation is 3. The molecular formula is C27H31NO4. The molecule has 0 radical (unpaired) electrons. The van der Waals surface area contributed by atoms with E-state index in [1.807, 2.05) is 43.3 Å². The standard InChI is InChI=1S/C27H31NO4/c1-19-8-9-20(2)23(12-19)15-28(14-22-10-11-26-27(13-22)32-18-31-26)16-24(29)17-30-25-7-5-4-6-21(25)3/h4-13,24,29H,14-18H2,1-3H3. The zero-order chi connectivity index (χ0) is 22.5. The fourth-order valence-corrected chi connectivity index (χ4v) is 3.95. The van der Waals surface area contributed by atoms with E-state index in [9.17, 15) is 5.11 Å². The van der Waals surface area contributed by atoms with E-state index in [-0.39, 0.29) is 13.4 Å². The third kappa shape index (κ3) is 5.61. The van der Waals surface area contributed by atoms with Gasteiger partial charge in [-0.25, -0.2) is 0 Å². The fourth-order valence-electron chi connectivity index (χ4n) is 3.95. The molecule has 1 aliphatic rings. The highest BCUT2D eigenvalue weighted by Gasteiger charge is 2.18. The molecule has 1 aliphatic heterocycles. The van der Waals surface area contributed by atoms with Crippen molar-refractivity contribution in [2.75, 3.05) is 19.9 Å². The molecule has 0 saturated carbocycles. The molecule has 32 heavy (non-hydrogen) atoms. The van der Waals surface area contributed by atoms with Crippen LogP contribution in [0.1, 0.15) is 27.8 Å². The highest BCUT2D eigenvalue weighted by molar-refractivity contribution is 5.44. The molecule has 0 aromatic heterocycles. The van der Waals surface area contributed by atoms with E-state index in [1.54, 1.807) is 0 Å². The number of aliphatic hydroxyl groups is 1. The molecule has 4 rings (SSSR count). The summed E-state index contributed by atoms with van der Waals surface area (Å²) in [6.45, 7) is 8.67. The van der Waals surface area contributed by atoms with E-state index >= 15 is 0 Å². The summed E-state index contributed by atoms with van der Waals surface area (Å²) >= 11 is 0. The van der Waals surface area contributed by atoms with Crippen LogP contribution in [0.5, 0.6) is 17.2 Å². The second-order valence-corrected chi connectivity index (χ2v) is 8.52. The average Bonchev–Trinajstić information content (AvgIpc) is 3.23. The Bertz CT molecular complexity index is 1070. The van der Waals surface area contributed by atoms with Crippen molar-refractivity contribution in [3.05, 3.63) is 88.5 Å². The number of ether oxygens (including phenoxy) is 3. The molecule has 168 valence electrons. The third-order valence-corrected chi connectivity index (χ3v) is 5.74. The average molecular weight is 434 g/mol. The van der Waals surface area contributed by atoms with Crippen LogP contribution in [-0.4, -0.2) is 36.1 Å². The summed E-state index contributed by atoms with van der Waals surface area (Å²) in [5.74, 6) is 2.36. The number of para-hydroxylation sites is 1. The third-order valence-electron chi connectivity index (χ3n) is 5.74. The Morgan fingerprint density at radius 1 is 0.906 bits per heavy atom. The Kier molecular flexibility index (Phi) is 6.98. The number of nitrogens with zero attached hydrogens (tertiary/aromatic N) is 1. The monoisotopic (exact) mass is 433 g/mol. The van der Waals surface area contributed by atoms with Crippen LogP contribution in [0.4, 0.5) is 0 Å². The molecule has 0 aliphatic carbocycles. The van der Waals surface area contributed by atoms with Crippen LogP contribution < -0.4 is 14.2 Å². The molecule has 3 aromatic carbocycles. The highest BCUT2D eigenvalue weighted by atomic mass is 16.7. The zero-order valence-electron chi connectivity index (χ0n) is 19.0. The van der Waals surface area contributed by atoms with Crippen LogP contribution in [0, 0.1) is 20.8 Å². The molecule has 1 N–H and O–H groups in total. The fraction of sp³-hybridized carbons (Fsp3) is 0.333. The van der Waals surface area contributed by atoms with Crippen LogP contribution in [-0.2, 0) is 13.1 Å². The van der Waals surface area contributed by atoms with Crippen molar-refractivity contribution in [1.82, 2.24) is 4.90 Å². The summed E-state index contributed by atoms with van der Waals surface area (Å²) < 4.78 is 16.9. The largest absolute Gasteiger partial charge is 0.491 e. The lowest BCUT2D eigenvalue weighted by molar-refractivity contribution is 0.0625. The van der Waals surface area contributed by atoms with Gasteiger partial charge in [-0.15, -0.1) is 0 Å². The Balaban J connectivity index is 1.47. The van der Waals surface area contributed by atoms with Gasteiger partial charge in [0.25, 0.3) is 0 Å². The number of hydrogen-bond donors (Lipinski definition) is 1. The van der Waals surface area contributed by atoms with Crippen molar-refractivity contribution in [3.63, 3.8) is 0 Å². The van der Waals surface area contributed by atoms with Crippen molar-refractivity contribution in [2.45, 2.75) is 40.0 Å². The lowest BCUT2D eigenvalue weighted by Gasteiger charge is -2.26. The van der Waals surface area contributed by atoms with E-state index < -0.39 is 6.10 Å². The highest BCUT2D eigenvalue weighted by Crippen LogP contribution is 2.33. The predicted octanol–water partition coefficient (Wildman–Crippen LogP) is 4.78. The summed E-state index contributed by atoms with van der Waals surface area (Å²) in [5, 5.41) is 10.8. The van der Waals surface area contributed by atoms with Gasteiger partial charge in [0.15, 0.2) is 11.5 Å². The Hall–Kier alpha value is -3.02. The van der Waals surface area contributed by atoms with Crippen LogP contribution in [0.3, 0.4) is 0 Å². The smallest absolute Gasteiger partial charge is 0.231 e. The van der Waals surface area contributed by atoms with Gasteiger partial charge < -0.3 is 19.3 Å². The summed E-state index contributed by atoms with van der Waals surface area (Å²) in [4.78, 5) is 2.26. The minimum atomic E-state index is -0.617. The van der Waals surface area contributed by atoms with Crippen LogP contribution in [0.25, 0.3) is 0 Å². The molecule has 0 bridgehead atoms. The molecule has 5 nitrogen and oxygen atoms in total. The molecule has 1 heterocycles. The molecule has 0 amide bonds. The topological polar surface area (TPSA) is 51.2 Å². The van der Waals surface area contributed by atoms with Gasteiger partial charge in [-0.2, -0.15) is 0 Å². The minimum absolute atomic E-state index is 0.245. The quantitative estimate of drug-likeness (QED) is 0.526. The molecule has 5 heteroatoms. The number of rotatable bonds is 9. The number of fused-ring (bicyclic) bond motifs is 1. The van der Waals surface area contributed by atoms with Gasteiger partial charge in [0.2, 0.25) is 6.79 Å². The summed E-state index contributed by atoms with van der Waals surface area (Å²) in [5.41, 5.74) is 5.92. The van der Waals surface area contributed by atoms with E-state index in [2.05, 4.69) is 43.0 Å². The first kappa shape index (κ1) is 22.2. The lowest BCUT2D eigenvalue weighted by Crippen LogP contribution is -2.35. The molecular weight excluding hydrogens is 402 g/mol. The van der Waals surface area contributed by atoms with Gasteiger partial charge in [0.1, 0.15) is 18.5 Å². The Labute approximate surface area is 190 Å². The Morgan fingerprint density at radius 2 is 1.72 bits per heavy atom. The zero-order valence-corrected chi connectivity index (χ0v) is 19.0. The maximum Gasteiger partial charge on any atom is 0.231 e. The maximum atomic E-state index is 10.8. The normalized spacial score (nSPS) is 13.4. The first-order chi connectivity index (χ1) is 15.5. The van der Waals surface area contributed by atoms with E-state index in [1.165, 1.54) is 16.7 Å². The number of hydrogen-bond acceptors (Lipinski definition) is 5. The van der Waals surface area contributed by atoms with Crippen molar-refractivity contribution < 1.29 is 19.3 Å². The van der Waals surface area contributed by atoms with Crippen LogP contribution in [0.2, 0.25) is 0 Å². The van der Waals surface area contributed by atoms with Gasteiger partial charge in [-0.1, -0.05) is 48.0 Å². The molecule has 3 aromatic rings. The Morgan fingerprint density at radius 3 is 2.56 bits per heavy atom. The van der Waals surface area contributed by atoms with Crippen molar-refractivity contribution in [1.29, 1.82) is 0 Å². The van der Waals surface area contributed by atoms with Gasteiger partial charge in [0, 0.05) is 19.6 Å². The van der Waals surface area contributed by atoms with Gasteiger partial charge in [-0.05, 0) is 61.2 Å². The predicted molar refractivity (Wildman–Crippen MR) is 125 cm³/mol. The minimum Gasteiger partial charge on any atom is -0.491 e. The van der Waals surface area contributed by atoms with E-state index in [4.69, 9.17) is 14.2 Å². The van der Waals surface area contributed by atoms with Crippen LogP contribution >= 0.6 is 0 Å². The van der Waals surface area contributed by atoms with E-state index in [0.29, 0.717) is 13.1 Å². The molecule has 0 fully saturated rings. The molecule has 0 saturated heterocycles. The van der Waals surface area contributed by atoms with Crippen molar-refractivity contribution in [2.24, 2.45) is 0 Å². The lowest BCUT2D eigenvalue weighted by atomic mass is 10.0. The second-order valence-electron chi connectivity index (χ2n) is 8.52. The summed E-state index contributed by atoms with van der Waals surface area (Å²) in [7, 11) is 0. The molecule has 0 spiro atoms. The van der Waals surface area contributed by atoms with Gasteiger partial charge in [-0.3, -0.25) is 4.90 Å². The first-order valence-electron chi connectivity index (χ1n) is 11.0. The van der Waals surface area contributed by atoms with Crippen molar-refractivity contribution in [3.8, 4) is 17.2 Å². The first-order valence-corrected chi connectivity index (χ1v) is 11.0. The van der Waals surface area contributed by atoms with E-state index in [0.717, 1.165) is 34.9 Å². The summed E-state index contributed by atoms with van der Waals surface area (Å²) in [6, 6.07) is 20.4. The number of benzene rings is 3. The maximum absolute atomic E-state index is 10.8. The van der Waals surface area contributed by atoms with Gasteiger partial charge >= 0.3 is 0 Å². The SMILES string of the molecule is Cc1ccc(C)c(CN(Cc2ccc3c(c2)OCO3)CC(O)COc2ccccc2C)c1. The second kappa shape index (κ2) is 10.1. The van der Waals surface area contributed by atoms with Crippen LogP contribution in [0.15, 0.2) is 60.7 Å². The molecule has 1 atom stereocenters.